The molecule has 3 fully saturated rings. The van der Waals surface area contributed by atoms with Crippen LogP contribution in [-0.2, 0) is 78.5 Å². The van der Waals surface area contributed by atoms with Crippen LogP contribution in [0.3, 0.4) is 0 Å². The predicted octanol–water partition coefficient (Wildman–Crippen LogP) is 9.58. The quantitative estimate of drug-likeness (QED) is 0.0555. The molecule has 16 heteroatoms. The summed E-state index contributed by atoms with van der Waals surface area (Å²) in [6.07, 6.45) is -8.46. The van der Waals surface area contributed by atoms with Crippen LogP contribution in [-0.4, -0.2) is 97.7 Å². The molecule has 3 aliphatic heterocycles. The topological polar surface area (TPSA) is 131 Å². The molecule has 1 amide bonds. The molecule has 366 valence electrons. The van der Waals surface area contributed by atoms with E-state index in [-0.39, 0.29) is 46.2 Å². The molecule has 0 unspecified atom stereocenters. The number of hydrogen-bond acceptors (Lipinski definition) is 12. The molecule has 5 aromatic rings. The van der Waals surface area contributed by atoms with Crippen molar-refractivity contribution in [3.05, 3.63) is 192 Å². The number of rotatable bonds is 21. The first-order valence-electron chi connectivity index (χ1n) is 22.8. The van der Waals surface area contributed by atoms with Crippen LogP contribution in [0.15, 0.2) is 164 Å². The van der Waals surface area contributed by atoms with E-state index in [2.05, 4.69) is 11.9 Å². The van der Waals surface area contributed by atoms with Gasteiger partial charge in [0, 0.05) is 5.56 Å². The summed E-state index contributed by atoms with van der Waals surface area (Å²) in [5.41, 5.74) is 4.48. The Morgan fingerprint density at radius 1 is 0.623 bits per heavy atom. The van der Waals surface area contributed by atoms with Crippen molar-refractivity contribution in [1.29, 1.82) is 0 Å². The third-order valence-corrected chi connectivity index (χ3v) is 11.9. The average Bonchev–Trinajstić information content (AvgIpc) is 3.38. The molecule has 0 saturated carbocycles. The largest absolute Gasteiger partial charge is 0.445 e. The number of alkyl halides is 3. The zero-order valence-corrected chi connectivity index (χ0v) is 40.0. The van der Waals surface area contributed by atoms with Crippen LogP contribution >= 0.6 is 34.8 Å². The van der Waals surface area contributed by atoms with Gasteiger partial charge in [-0.15, -0.1) is 6.58 Å². The molecule has 3 saturated heterocycles. The number of ether oxygens (including phenoxy) is 11. The van der Waals surface area contributed by atoms with Gasteiger partial charge in [-0.1, -0.05) is 193 Å². The fraction of sp³-hybridized carbons (Fsp3) is 0.377. The fourth-order valence-corrected chi connectivity index (χ4v) is 8.47. The SMILES string of the molecule is C=CCO[C@H]1O[C@H](COCc2ccccc2)[C@@H](O[C@@H]2O[C@@H]3CO[C@@H](c4ccccc4)O[C@H]3[C@H](OCc3ccccc3)[C@@H]2OCc2ccccc2)[C@H](OCc2ccccc2)[C@H]1NC(=O)OCC(Cl)(Cl)Cl. The van der Waals surface area contributed by atoms with Gasteiger partial charge in [0.25, 0.3) is 0 Å². The fourth-order valence-electron chi connectivity index (χ4n) is 8.31. The smallest absolute Gasteiger partial charge is 0.407 e. The Labute approximate surface area is 417 Å². The maximum absolute atomic E-state index is 13.6. The summed E-state index contributed by atoms with van der Waals surface area (Å²) in [4.78, 5) is 13.6. The maximum atomic E-state index is 13.6. The summed E-state index contributed by atoms with van der Waals surface area (Å²) in [5, 5.41) is 2.87. The van der Waals surface area contributed by atoms with Crippen LogP contribution in [0.5, 0.6) is 0 Å². The van der Waals surface area contributed by atoms with Crippen molar-refractivity contribution >= 4 is 40.9 Å². The molecule has 8 rings (SSSR count). The molecular weight excluding hydrogens is 949 g/mol. The Bertz CT molecular complexity index is 2290. The second kappa shape index (κ2) is 25.6. The summed E-state index contributed by atoms with van der Waals surface area (Å²) in [7, 11) is 0. The van der Waals surface area contributed by atoms with Crippen molar-refractivity contribution < 1.29 is 56.9 Å². The lowest BCUT2D eigenvalue weighted by Gasteiger charge is -2.51. The summed E-state index contributed by atoms with van der Waals surface area (Å²) in [6.45, 7) is 4.22. The second-order valence-electron chi connectivity index (χ2n) is 16.6. The first kappa shape index (κ1) is 51.0. The number of amides is 1. The molecule has 0 aliphatic carbocycles. The molecule has 3 heterocycles. The summed E-state index contributed by atoms with van der Waals surface area (Å²) < 4.78 is 70.9. The Hall–Kier alpha value is -4.42. The van der Waals surface area contributed by atoms with Crippen LogP contribution in [0.25, 0.3) is 0 Å². The van der Waals surface area contributed by atoms with Gasteiger partial charge in [0.15, 0.2) is 18.9 Å². The molecule has 11 atom stereocenters. The van der Waals surface area contributed by atoms with E-state index in [4.69, 9.17) is 86.9 Å². The highest BCUT2D eigenvalue weighted by atomic mass is 35.6. The highest BCUT2D eigenvalue weighted by Gasteiger charge is 2.56. The minimum absolute atomic E-state index is 0.00361. The molecular formula is C53H56Cl3NO12. The standard InChI is InChI=1S/C53H56Cl3NO12/c1-2-28-60-50-43(57-52(58)65-35-53(54,55)56)46(61-30-37-20-10-4-11-21-37)44(41(66-50)33-59-29-36-18-8-3-9-19-36)69-51-48(63-32-39-24-14-6-15-25-39)47(62-31-38-22-12-5-13-23-38)45-42(67-51)34-64-49(68-45)40-26-16-7-17-27-40/h2-27,41-51H,1,28-35H2,(H,57,58)/t41-,42-,43-,44-,45-,46-,47+,48+,49-,50+,51+/m1/s1. The normalized spacial score (nSPS) is 26.9. The van der Waals surface area contributed by atoms with Crippen LogP contribution in [0.1, 0.15) is 34.1 Å². The number of hydrogen-bond donors (Lipinski definition) is 1. The Morgan fingerprint density at radius 2 is 1.14 bits per heavy atom. The van der Waals surface area contributed by atoms with Gasteiger partial charge in [0.05, 0.1) is 46.2 Å². The van der Waals surface area contributed by atoms with Crippen molar-refractivity contribution in [2.24, 2.45) is 0 Å². The maximum Gasteiger partial charge on any atom is 0.407 e. The Kier molecular flexibility index (Phi) is 18.9. The molecule has 1 N–H and O–H groups in total. The highest BCUT2D eigenvalue weighted by Crippen LogP contribution is 2.40. The summed E-state index contributed by atoms with van der Waals surface area (Å²) in [6, 6.07) is 47.6. The van der Waals surface area contributed by atoms with Gasteiger partial charge in [-0.2, -0.15) is 0 Å². The Morgan fingerprint density at radius 3 is 1.70 bits per heavy atom. The van der Waals surface area contributed by atoms with Gasteiger partial charge in [-0.25, -0.2) is 4.79 Å². The van der Waals surface area contributed by atoms with Crippen LogP contribution < -0.4 is 5.32 Å². The lowest BCUT2D eigenvalue weighted by Crippen LogP contribution is -2.69. The van der Waals surface area contributed by atoms with Crippen LogP contribution in [0, 0.1) is 0 Å². The lowest BCUT2D eigenvalue weighted by molar-refractivity contribution is -0.391. The zero-order chi connectivity index (χ0) is 47.8. The highest BCUT2D eigenvalue weighted by molar-refractivity contribution is 6.67. The van der Waals surface area contributed by atoms with E-state index in [0.717, 1.165) is 27.8 Å². The van der Waals surface area contributed by atoms with Gasteiger partial charge in [-0.05, 0) is 22.3 Å². The number of carbonyl (C=O) groups is 1. The minimum atomic E-state index is -1.88. The lowest BCUT2D eigenvalue weighted by atomic mass is 9.94. The summed E-state index contributed by atoms with van der Waals surface area (Å²) >= 11 is 18.0. The second-order valence-corrected chi connectivity index (χ2v) is 19.1. The Balaban J connectivity index is 1.18. The monoisotopic (exact) mass is 1000 g/mol. The van der Waals surface area contributed by atoms with Gasteiger partial charge >= 0.3 is 6.09 Å². The van der Waals surface area contributed by atoms with Crippen molar-refractivity contribution in [3.63, 3.8) is 0 Å². The molecule has 0 radical (unpaired) electrons. The van der Waals surface area contributed by atoms with Crippen molar-refractivity contribution in [1.82, 2.24) is 5.32 Å². The third-order valence-electron chi connectivity index (χ3n) is 11.6. The molecule has 0 bridgehead atoms. The van der Waals surface area contributed by atoms with E-state index >= 15 is 0 Å². The number of halogens is 3. The van der Waals surface area contributed by atoms with Gasteiger partial charge < -0.3 is 57.4 Å². The number of nitrogens with one attached hydrogen (secondary N) is 1. The third kappa shape index (κ3) is 14.8. The van der Waals surface area contributed by atoms with Crippen molar-refractivity contribution in [3.8, 4) is 0 Å². The minimum Gasteiger partial charge on any atom is -0.445 e. The van der Waals surface area contributed by atoms with E-state index in [1.165, 1.54) is 0 Å². The first-order chi connectivity index (χ1) is 33.7. The van der Waals surface area contributed by atoms with Gasteiger partial charge in [-0.3, -0.25) is 0 Å². The number of alkyl carbamates (subject to hydrolysis) is 1. The number of carbonyl (C=O) groups excluding carboxylic acids is 1. The molecule has 13 nitrogen and oxygen atoms in total. The van der Waals surface area contributed by atoms with E-state index in [9.17, 15) is 4.79 Å². The molecule has 5 aromatic carbocycles. The number of fused-ring (bicyclic) bond motifs is 1. The van der Waals surface area contributed by atoms with E-state index in [0.29, 0.717) is 0 Å². The average molecular weight is 1010 g/mol. The van der Waals surface area contributed by atoms with E-state index in [1.807, 2.05) is 152 Å². The van der Waals surface area contributed by atoms with Crippen LogP contribution in [0.2, 0.25) is 0 Å². The van der Waals surface area contributed by atoms with Gasteiger partial charge in [0.1, 0.15) is 55.4 Å². The van der Waals surface area contributed by atoms with Crippen molar-refractivity contribution in [2.45, 2.75) is 97.9 Å². The molecule has 3 aliphatic rings. The van der Waals surface area contributed by atoms with Crippen LogP contribution in [0.4, 0.5) is 4.79 Å². The first-order valence-corrected chi connectivity index (χ1v) is 23.9. The number of benzene rings is 5. The molecule has 0 spiro atoms. The van der Waals surface area contributed by atoms with E-state index < -0.39 is 84.1 Å². The van der Waals surface area contributed by atoms with Gasteiger partial charge in [0.2, 0.25) is 3.79 Å². The van der Waals surface area contributed by atoms with E-state index in [1.54, 1.807) is 6.08 Å². The zero-order valence-electron chi connectivity index (χ0n) is 37.8. The predicted molar refractivity (Wildman–Crippen MR) is 258 cm³/mol. The summed E-state index contributed by atoms with van der Waals surface area (Å²) in [5.74, 6) is 0. The van der Waals surface area contributed by atoms with Crippen molar-refractivity contribution in [2.75, 3.05) is 26.4 Å². The molecule has 0 aromatic heterocycles. The molecule has 69 heavy (non-hydrogen) atoms.